The number of allylic oxidation sites excluding steroid dienone is 1. The third-order valence-corrected chi connectivity index (χ3v) is 6.25. The topological polar surface area (TPSA) is 40.6 Å². The Balaban J connectivity index is 1.97. The van der Waals surface area contributed by atoms with E-state index in [2.05, 4.69) is 78.5 Å². The van der Waals surface area contributed by atoms with Crippen LogP contribution in [0.1, 0.15) is 66.4 Å². The fourth-order valence-electron chi connectivity index (χ4n) is 4.73. The summed E-state index contributed by atoms with van der Waals surface area (Å²) in [6, 6.07) is 14.6. The first-order chi connectivity index (χ1) is 14.9. The Kier molecular flexibility index (Phi) is 6.94. The number of carbonyl (C=O) groups excluding carboxylic acids is 2. The maximum Gasteiger partial charge on any atom is 0.247 e. The number of amides is 2. The molecule has 2 amide bonds. The van der Waals surface area contributed by atoms with Crippen molar-refractivity contribution < 1.29 is 9.59 Å². The summed E-state index contributed by atoms with van der Waals surface area (Å²) in [7, 11) is 0. The van der Waals surface area contributed by atoms with Gasteiger partial charge in [0.1, 0.15) is 0 Å². The number of benzene rings is 2. The minimum Gasteiger partial charge on any atom is -0.273 e. The molecule has 2 unspecified atom stereocenters. The molecule has 4 nitrogen and oxygen atoms in total. The molecule has 4 heteroatoms. The molecule has 2 aromatic carbocycles. The Morgan fingerprint density at radius 1 is 1.09 bits per heavy atom. The van der Waals surface area contributed by atoms with Crippen LogP contribution >= 0.6 is 0 Å². The van der Waals surface area contributed by atoms with Crippen LogP contribution in [-0.4, -0.2) is 27.9 Å². The number of nitrogens with zero attached hydrogens (tertiary/aromatic N) is 2. The standard InChI is InChI=1S/C28H38N2O2/c1-8-11-23(18-27(2,3)4)26(32)30-25(31)17-24(28(5,6)7)29(30)19-20-14-15-21-12-9-10-13-22(21)16-20/h8-10,12-16,23-24H,1,11,17-19H2,2-7H3. The molecule has 0 spiro atoms. The van der Waals surface area contributed by atoms with Crippen LogP contribution in [0.25, 0.3) is 10.8 Å². The predicted molar refractivity (Wildman–Crippen MR) is 132 cm³/mol. The van der Waals surface area contributed by atoms with Gasteiger partial charge >= 0.3 is 0 Å². The molecule has 3 rings (SSSR count). The molecule has 0 aliphatic carbocycles. The molecular formula is C28H38N2O2. The SMILES string of the molecule is C=CCC(CC(C)(C)C)C(=O)N1C(=O)CC(C(C)(C)C)N1Cc1ccc2ccccc2c1. The summed E-state index contributed by atoms with van der Waals surface area (Å²) in [5, 5.41) is 5.83. The van der Waals surface area contributed by atoms with E-state index in [0.717, 1.165) is 10.9 Å². The third kappa shape index (κ3) is 5.47. The molecule has 2 aromatic rings. The summed E-state index contributed by atoms with van der Waals surface area (Å²) in [6.07, 6.45) is 3.44. The van der Waals surface area contributed by atoms with E-state index in [9.17, 15) is 9.59 Å². The average molecular weight is 435 g/mol. The lowest BCUT2D eigenvalue weighted by molar-refractivity contribution is -0.164. The van der Waals surface area contributed by atoms with Crippen molar-refractivity contribution in [3.63, 3.8) is 0 Å². The van der Waals surface area contributed by atoms with E-state index in [0.29, 0.717) is 25.8 Å². The summed E-state index contributed by atoms with van der Waals surface area (Å²) < 4.78 is 0. The molecule has 0 saturated carbocycles. The average Bonchev–Trinajstić information content (AvgIpc) is 3.02. The molecular weight excluding hydrogens is 396 g/mol. The summed E-state index contributed by atoms with van der Waals surface area (Å²) >= 11 is 0. The van der Waals surface area contributed by atoms with Gasteiger partial charge in [0.15, 0.2) is 0 Å². The Hall–Kier alpha value is -2.46. The Morgan fingerprint density at radius 2 is 1.75 bits per heavy atom. The van der Waals surface area contributed by atoms with Gasteiger partial charge in [-0.3, -0.25) is 9.59 Å². The van der Waals surface area contributed by atoms with E-state index < -0.39 is 0 Å². The first-order valence-corrected chi connectivity index (χ1v) is 11.6. The van der Waals surface area contributed by atoms with Crippen LogP contribution in [-0.2, 0) is 16.1 Å². The molecule has 0 N–H and O–H groups in total. The highest BCUT2D eigenvalue weighted by molar-refractivity contribution is 5.97. The van der Waals surface area contributed by atoms with Gasteiger partial charge < -0.3 is 0 Å². The zero-order chi connectivity index (χ0) is 23.7. The quantitative estimate of drug-likeness (QED) is 0.497. The van der Waals surface area contributed by atoms with Crippen molar-refractivity contribution in [1.29, 1.82) is 0 Å². The van der Waals surface area contributed by atoms with Crippen molar-refractivity contribution in [3.05, 3.63) is 60.7 Å². The van der Waals surface area contributed by atoms with Crippen LogP contribution < -0.4 is 0 Å². The molecule has 1 aliphatic rings. The number of fused-ring (bicyclic) bond motifs is 1. The van der Waals surface area contributed by atoms with Gasteiger partial charge in [-0.1, -0.05) is 84.0 Å². The lowest BCUT2D eigenvalue weighted by Gasteiger charge is -2.38. The second-order valence-electron chi connectivity index (χ2n) is 11.4. The summed E-state index contributed by atoms with van der Waals surface area (Å²) in [5.74, 6) is -0.453. The number of carbonyl (C=O) groups is 2. The molecule has 1 fully saturated rings. The van der Waals surface area contributed by atoms with E-state index in [1.807, 2.05) is 17.1 Å². The molecule has 1 aliphatic heterocycles. The van der Waals surface area contributed by atoms with Crippen molar-refractivity contribution in [2.45, 2.75) is 73.4 Å². The lowest BCUT2D eigenvalue weighted by atomic mass is 9.82. The number of hydrogen-bond donors (Lipinski definition) is 0. The highest BCUT2D eigenvalue weighted by Gasteiger charge is 2.47. The van der Waals surface area contributed by atoms with Gasteiger partial charge in [0, 0.05) is 24.9 Å². The maximum atomic E-state index is 13.7. The van der Waals surface area contributed by atoms with Crippen LogP contribution in [0.4, 0.5) is 0 Å². The number of rotatable bonds is 6. The first-order valence-electron chi connectivity index (χ1n) is 11.6. The summed E-state index contributed by atoms with van der Waals surface area (Å²) in [5.41, 5.74) is 0.944. The van der Waals surface area contributed by atoms with Gasteiger partial charge in [0.05, 0.1) is 0 Å². The van der Waals surface area contributed by atoms with Crippen molar-refractivity contribution >= 4 is 22.6 Å². The van der Waals surface area contributed by atoms with E-state index in [-0.39, 0.29) is 34.6 Å². The zero-order valence-corrected chi connectivity index (χ0v) is 20.5. The van der Waals surface area contributed by atoms with Crippen LogP contribution in [0.15, 0.2) is 55.1 Å². The summed E-state index contributed by atoms with van der Waals surface area (Å²) in [6.45, 7) is 17.2. The van der Waals surface area contributed by atoms with E-state index >= 15 is 0 Å². The highest BCUT2D eigenvalue weighted by atomic mass is 16.2. The molecule has 1 heterocycles. The molecule has 0 aromatic heterocycles. The monoisotopic (exact) mass is 434 g/mol. The van der Waals surface area contributed by atoms with E-state index in [1.54, 1.807) is 6.08 Å². The highest BCUT2D eigenvalue weighted by Crippen LogP contribution is 2.37. The fourth-order valence-corrected chi connectivity index (χ4v) is 4.73. The molecule has 172 valence electrons. The number of imide groups is 1. The molecule has 1 saturated heterocycles. The van der Waals surface area contributed by atoms with Crippen LogP contribution in [0.3, 0.4) is 0 Å². The molecule has 32 heavy (non-hydrogen) atoms. The lowest BCUT2D eigenvalue weighted by Crippen LogP contribution is -2.51. The van der Waals surface area contributed by atoms with Gasteiger partial charge in [0.2, 0.25) is 11.8 Å². The van der Waals surface area contributed by atoms with Gasteiger partial charge in [-0.05, 0) is 46.1 Å². The van der Waals surface area contributed by atoms with Gasteiger partial charge in [0.25, 0.3) is 0 Å². The molecule has 2 atom stereocenters. The first kappa shape index (κ1) is 24.2. The van der Waals surface area contributed by atoms with Gasteiger partial charge in [-0.15, -0.1) is 6.58 Å². The maximum absolute atomic E-state index is 13.7. The third-order valence-electron chi connectivity index (χ3n) is 6.25. The molecule has 0 radical (unpaired) electrons. The van der Waals surface area contributed by atoms with Gasteiger partial charge in [-0.25, -0.2) is 10.0 Å². The van der Waals surface area contributed by atoms with E-state index in [1.165, 1.54) is 10.4 Å². The largest absolute Gasteiger partial charge is 0.273 e. The van der Waals surface area contributed by atoms with E-state index in [4.69, 9.17) is 0 Å². The minimum absolute atomic E-state index is 0.0152. The minimum atomic E-state index is -0.255. The second kappa shape index (κ2) is 9.19. The fraction of sp³-hybridized carbons (Fsp3) is 0.500. The molecule has 0 bridgehead atoms. The predicted octanol–water partition coefficient (Wildman–Crippen LogP) is 6.36. The van der Waals surface area contributed by atoms with Gasteiger partial charge in [-0.2, -0.15) is 0 Å². The smallest absolute Gasteiger partial charge is 0.247 e. The Morgan fingerprint density at radius 3 is 2.34 bits per heavy atom. The second-order valence-corrected chi connectivity index (χ2v) is 11.4. The van der Waals surface area contributed by atoms with Crippen molar-refractivity contribution in [2.24, 2.45) is 16.7 Å². The van der Waals surface area contributed by atoms with Crippen molar-refractivity contribution in [1.82, 2.24) is 10.0 Å². The number of hydrogen-bond acceptors (Lipinski definition) is 3. The van der Waals surface area contributed by atoms with Crippen LogP contribution in [0.5, 0.6) is 0 Å². The normalized spacial score (nSPS) is 18.9. The van der Waals surface area contributed by atoms with Crippen molar-refractivity contribution in [2.75, 3.05) is 0 Å². The van der Waals surface area contributed by atoms with Crippen LogP contribution in [0.2, 0.25) is 0 Å². The number of hydrazine groups is 1. The Bertz CT molecular complexity index is 996. The zero-order valence-electron chi connectivity index (χ0n) is 20.5. The Labute approximate surface area is 193 Å². The van der Waals surface area contributed by atoms with Crippen LogP contribution in [0, 0.1) is 16.7 Å². The summed E-state index contributed by atoms with van der Waals surface area (Å²) in [4.78, 5) is 26.9. The van der Waals surface area contributed by atoms with Crippen molar-refractivity contribution in [3.8, 4) is 0 Å².